The molecule has 13 nitrogen and oxygen atoms in total. The number of carbonyl (C=O) groups excluding carboxylic acids is 1. The number of amides is 1. The Kier molecular flexibility index (Phi) is 16.6. The van der Waals surface area contributed by atoms with Crippen molar-refractivity contribution in [1.82, 2.24) is 29.9 Å². The van der Waals surface area contributed by atoms with Gasteiger partial charge in [0.2, 0.25) is 0 Å². The second kappa shape index (κ2) is 19.9. The van der Waals surface area contributed by atoms with Gasteiger partial charge in [0.1, 0.15) is 0 Å². The predicted molar refractivity (Wildman–Crippen MR) is 157 cm³/mol. The molecule has 0 radical (unpaired) electrons. The Labute approximate surface area is 248 Å². The lowest BCUT2D eigenvalue weighted by molar-refractivity contribution is -0.140. The Bertz CT molecular complexity index is 963. The van der Waals surface area contributed by atoms with Crippen molar-refractivity contribution in [2.45, 2.75) is 52.0 Å². The minimum absolute atomic E-state index is 0.146. The van der Waals surface area contributed by atoms with Crippen molar-refractivity contribution in [1.29, 1.82) is 0 Å². The van der Waals surface area contributed by atoms with E-state index >= 15 is 0 Å². The van der Waals surface area contributed by atoms with Gasteiger partial charge in [0, 0.05) is 77.2 Å². The highest BCUT2D eigenvalue weighted by Crippen LogP contribution is 2.09. The van der Waals surface area contributed by atoms with Gasteiger partial charge in [-0.1, -0.05) is 39.0 Å². The van der Waals surface area contributed by atoms with Gasteiger partial charge in [-0.3, -0.25) is 43.8 Å². The van der Waals surface area contributed by atoms with Crippen molar-refractivity contribution in [3.63, 3.8) is 0 Å². The third-order valence-corrected chi connectivity index (χ3v) is 7.29. The number of rotatable bonds is 16. The summed E-state index contributed by atoms with van der Waals surface area (Å²) in [7, 11) is 0. The van der Waals surface area contributed by atoms with E-state index < -0.39 is 17.9 Å². The summed E-state index contributed by atoms with van der Waals surface area (Å²) in [5.74, 6) is -3.07. The molecule has 1 aliphatic rings. The Balaban J connectivity index is 2.07. The first-order valence-electron chi connectivity index (χ1n) is 14.9. The van der Waals surface area contributed by atoms with Gasteiger partial charge in [-0.25, -0.2) is 0 Å². The van der Waals surface area contributed by atoms with E-state index in [1.165, 1.54) is 25.7 Å². The van der Waals surface area contributed by atoms with E-state index in [0.29, 0.717) is 76.7 Å². The summed E-state index contributed by atoms with van der Waals surface area (Å²) in [5.41, 5.74) is 1.22. The first-order valence-corrected chi connectivity index (χ1v) is 14.9. The number of nitrogens with zero attached hydrogens (tertiary/aromatic N) is 5. The van der Waals surface area contributed by atoms with Gasteiger partial charge in [0.15, 0.2) is 0 Å². The Morgan fingerprint density at radius 3 is 1.64 bits per heavy atom. The van der Waals surface area contributed by atoms with E-state index in [0.717, 1.165) is 12.8 Å². The molecule has 0 atom stereocenters. The maximum Gasteiger partial charge on any atom is 0.317 e. The minimum Gasteiger partial charge on any atom is -0.480 e. The fraction of sp³-hybridized carbons (Fsp3) is 0.690. The van der Waals surface area contributed by atoms with E-state index in [-0.39, 0.29) is 25.5 Å². The van der Waals surface area contributed by atoms with E-state index in [1.54, 1.807) is 33.0 Å². The molecular weight excluding hydrogens is 544 g/mol. The number of unbranched alkanes of at least 4 members (excludes halogenated alkanes) is 5. The monoisotopic (exact) mass is 592 g/mol. The van der Waals surface area contributed by atoms with Crippen molar-refractivity contribution in [3.05, 3.63) is 29.6 Å². The van der Waals surface area contributed by atoms with Gasteiger partial charge in [0.25, 0.3) is 5.91 Å². The number of aliphatic carboxylic acids is 3. The number of aromatic nitrogens is 1. The van der Waals surface area contributed by atoms with E-state index in [9.17, 15) is 34.5 Å². The molecule has 0 unspecified atom stereocenters. The van der Waals surface area contributed by atoms with Crippen LogP contribution in [-0.2, 0) is 20.9 Å². The zero-order valence-corrected chi connectivity index (χ0v) is 24.9. The highest BCUT2D eigenvalue weighted by atomic mass is 16.4. The normalized spacial score (nSPS) is 16.8. The van der Waals surface area contributed by atoms with Crippen molar-refractivity contribution >= 4 is 23.8 Å². The van der Waals surface area contributed by atoms with Gasteiger partial charge in [-0.15, -0.1) is 0 Å². The van der Waals surface area contributed by atoms with Crippen molar-refractivity contribution in [2.24, 2.45) is 0 Å². The van der Waals surface area contributed by atoms with Gasteiger partial charge >= 0.3 is 17.9 Å². The van der Waals surface area contributed by atoms with Gasteiger partial charge in [0.05, 0.1) is 25.3 Å². The lowest BCUT2D eigenvalue weighted by Crippen LogP contribution is -2.48. The van der Waals surface area contributed by atoms with Gasteiger partial charge in [-0.2, -0.15) is 0 Å². The number of pyridine rings is 1. The molecule has 2 heterocycles. The molecule has 1 aromatic rings. The number of hydrogen-bond acceptors (Lipinski definition) is 9. The Morgan fingerprint density at radius 2 is 1.17 bits per heavy atom. The molecule has 0 saturated carbocycles. The predicted octanol–water partition coefficient (Wildman–Crippen LogP) is 1.15. The van der Waals surface area contributed by atoms with Crippen LogP contribution < -0.4 is 5.32 Å². The molecule has 0 aromatic carbocycles. The number of carboxylic acids is 3. The SMILES string of the molecule is CCCCCCCCNC(=O)c1ccnc(CN2CCN(CC(=O)O)CCN(CC(=O)O)CCN(CC(=O)O)CC2)c1. The van der Waals surface area contributed by atoms with E-state index in [2.05, 4.69) is 22.1 Å². The van der Waals surface area contributed by atoms with Gasteiger partial charge < -0.3 is 20.6 Å². The van der Waals surface area contributed by atoms with Crippen LogP contribution in [0, 0.1) is 0 Å². The maximum atomic E-state index is 12.7. The molecule has 4 N–H and O–H groups in total. The Morgan fingerprint density at radius 1 is 0.714 bits per heavy atom. The Hall–Kier alpha value is -3.13. The number of nitrogens with one attached hydrogen (secondary N) is 1. The van der Waals surface area contributed by atoms with Crippen molar-refractivity contribution in [3.8, 4) is 0 Å². The van der Waals surface area contributed by atoms with Crippen LogP contribution in [0.2, 0.25) is 0 Å². The van der Waals surface area contributed by atoms with Crippen LogP contribution >= 0.6 is 0 Å². The van der Waals surface area contributed by atoms with Crippen LogP contribution in [0.4, 0.5) is 0 Å². The first kappa shape index (κ1) is 35.1. The average molecular weight is 593 g/mol. The number of hydrogen-bond donors (Lipinski definition) is 4. The lowest BCUT2D eigenvalue weighted by atomic mass is 10.1. The fourth-order valence-corrected chi connectivity index (χ4v) is 4.93. The molecule has 1 aromatic heterocycles. The minimum atomic E-state index is -0.992. The maximum absolute atomic E-state index is 12.7. The molecule has 1 fully saturated rings. The zero-order chi connectivity index (χ0) is 30.7. The van der Waals surface area contributed by atoms with Crippen LogP contribution in [0.3, 0.4) is 0 Å². The quantitative estimate of drug-likeness (QED) is 0.203. The van der Waals surface area contributed by atoms with E-state index in [4.69, 9.17) is 0 Å². The smallest absolute Gasteiger partial charge is 0.317 e. The van der Waals surface area contributed by atoms with Crippen LogP contribution in [0.5, 0.6) is 0 Å². The molecule has 0 aliphatic carbocycles. The summed E-state index contributed by atoms with van der Waals surface area (Å²) in [6.07, 6.45) is 8.47. The second-order valence-corrected chi connectivity index (χ2v) is 10.8. The van der Waals surface area contributed by atoms with Gasteiger partial charge in [-0.05, 0) is 18.6 Å². The summed E-state index contributed by atoms with van der Waals surface area (Å²) in [6.45, 7) is 5.89. The molecule has 1 aliphatic heterocycles. The molecule has 13 heteroatoms. The molecule has 42 heavy (non-hydrogen) atoms. The third-order valence-electron chi connectivity index (χ3n) is 7.29. The van der Waals surface area contributed by atoms with Crippen molar-refractivity contribution in [2.75, 3.05) is 78.5 Å². The van der Waals surface area contributed by atoms with Crippen LogP contribution in [0.1, 0.15) is 61.5 Å². The second-order valence-electron chi connectivity index (χ2n) is 10.8. The fourth-order valence-electron chi connectivity index (χ4n) is 4.93. The number of carboxylic acid groups (broad SMARTS) is 3. The molecule has 1 amide bonds. The number of carbonyl (C=O) groups is 4. The summed E-state index contributed by atoms with van der Waals surface area (Å²) in [4.78, 5) is 58.9. The molecule has 0 bridgehead atoms. The highest BCUT2D eigenvalue weighted by Gasteiger charge is 2.20. The summed E-state index contributed by atoms with van der Waals surface area (Å²) >= 11 is 0. The van der Waals surface area contributed by atoms with Crippen LogP contribution in [0.15, 0.2) is 18.3 Å². The van der Waals surface area contributed by atoms with Crippen molar-refractivity contribution < 1.29 is 34.5 Å². The highest BCUT2D eigenvalue weighted by molar-refractivity contribution is 5.94. The third kappa shape index (κ3) is 15.2. The standard InChI is InChI=1S/C29H48N6O7/c1-2-3-4-5-6-7-9-31-29(42)24-8-10-30-25(19-24)20-32-11-13-33(21-26(36)37)15-17-35(23-28(40)41)18-16-34(14-12-32)22-27(38)39/h8,10,19H,2-7,9,11-18,20-23H2,1H3,(H,31,42)(H,36,37)(H,38,39)(H,40,41). The zero-order valence-electron chi connectivity index (χ0n) is 24.9. The summed E-state index contributed by atoms with van der Waals surface area (Å²) < 4.78 is 0. The largest absolute Gasteiger partial charge is 0.480 e. The van der Waals surface area contributed by atoms with E-state index in [1.807, 2.05) is 0 Å². The topological polar surface area (TPSA) is 167 Å². The molecule has 2 rings (SSSR count). The molecule has 1 saturated heterocycles. The first-order chi connectivity index (χ1) is 20.2. The summed E-state index contributed by atoms with van der Waals surface area (Å²) in [6, 6.07) is 3.45. The molecule has 0 spiro atoms. The molecular formula is C29H48N6O7. The average Bonchev–Trinajstić information content (AvgIpc) is 2.93. The summed E-state index contributed by atoms with van der Waals surface area (Å²) in [5, 5.41) is 31.1. The lowest BCUT2D eigenvalue weighted by Gasteiger charge is -2.33. The molecule has 236 valence electrons. The van der Waals surface area contributed by atoms with Crippen LogP contribution in [-0.4, -0.2) is 142 Å². The van der Waals surface area contributed by atoms with Crippen LogP contribution in [0.25, 0.3) is 0 Å².